The highest BCUT2D eigenvalue weighted by Gasteiger charge is 2.11. The maximum atomic E-state index is 11.9. The van der Waals surface area contributed by atoms with E-state index in [1.54, 1.807) is 12.1 Å². The van der Waals surface area contributed by atoms with E-state index in [0.717, 1.165) is 0 Å². The summed E-state index contributed by atoms with van der Waals surface area (Å²) in [7, 11) is -3.80. The number of amides is 1. The smallest absolute Gasteiger partial charge is 0.338 e. The minimum absolute atomic E-state index is 0.0718. The van der Waals surface area contributed by atoms with Gasteiger partial charge in [0.15, 0.2) is 6.61 Å². The molecule has 0 saturated heterocycles. The van der Waals surface area contributed by atoms with E-state index in [0.29, 0.717) is 23.6 Å². The van der Waals surface area contributed by atoms with Crippen LogP contribution in [0.4, 0.5) is 5.69 Å². The van der Waals surface area contributed by atoms with E-state index in [4.69, 9.17) is 14.6 Å². The van der Waals surface area contributed by atoms with Gasteiger partial charge < -0.3 is 14.8 Å². The van der Waals surface area contributed by atoms with Gasteiger partial charge in [-0.3, -0.25) is 4.79 Å². The molecule has 0 aliphatic heterocycles. The maximum absolute atomic E-state index is 11.9. The fraction of sp³-hybridized carbons (Fsp3) is 0.176. The van der Waals surface area contributed by atoms with Crippen molar-refractivity contribution < 1.29 is 27.5 Å². The number of carbonyl (C=O) groups excluding carboxylic acids is 2. The van der Waals surface area contributed by atoms with Crippen molar-refractivity contribution in [3.05, 3.63) is 54.1 Å². The van der Waals surface area contributed by atoms with Crippen LogP contribution in [0.3, 0.4) is 0 Å². The number of carbonyl (C=O) groups is 2. The molecule has 0 saturated carbocycles. The predicted octanol–water partition coefficient (Wildman–Crippen LogP) is 1.53. The van der Waals surface area contributed by atoms with E-state index in [9.17, 15) is 18.0 Å². The molecule has 1 amide bonds. The Morgan fingerprint density at radius 3 is 2.19 bits per heavy atom. The fourth-order valence-electron chi connectivity index (χ4n) is 1.99. The Morgan fingerprint density at radius 1 is 1.04 bits per heavy atom. The zero-order valence-electron chi connectivity index (χ0n) is 14.0. The minimum Gasteiger partial charge on any atom is -0.494 e. The van der Waals surface area contributed by atoms with E-state index >= 15 is 0 Å². The highest BCUT2D eigenvalue weighted by atomic mass is 32.2. The van der Waals surface area contributed by atoms with Gasteiger partial charge in [-0.1, -0.05) is 0 Å². The second-order valence-electron chi connectivity index (χ2n) is 5.15. The molecule has 0 fully saturated rings. The van der Waals surface area contributed by atoms with Gasteiger partial charge in [0.25, 0.3) is 5.91 Å². The lowest BCUT2D eigenvalue weighted by Gasteiger charge is -2.08. The maximum Gasteiger partial charge on any atom is 0.338 e. The summed E-state index contributed by atoms with van der Waals surface area (Å²) >= 11 is 0. The predicted molar refractivity (Wildman–Crippen MR) is 94.3 cm³/mol. The van der Waals surface area contributed by atoms with Crippen molar-refractivity contribution in [1.82, 2.24) is 0 Å². The topological polar surface area (TPSA) is 125 Å². The molecule has 2 rings (SSSR count). The van der Waals surface area contributed by atoms with Crippen LogP contribution in [0.1, 0.15) is 17.3 Å². The Labute approximate surface area is 151 Å². The third kappa shape index (κ3) is 5.57. The number of nitrogens with two attached hydrogens (primary N) is 1. The first-order chi connectivity index (χ1) is 12.3. The molecule has 0 aliphatic carbocycles. The van der Waals surface area contributed by atoms with Crippen LogP contribution in [0, 0.1) is 0 Å². The first-order valence-electron chi connectivity index (χ1n) is 7.62. The molecule has 0 aromatic heterocycles. The van der Waals surface area contributed by atoms with Crippen molar-refractivity contribution >= 4 is 27.6 Å². The highest BCUT2D eigenvalue weighted by molar-refractivity contribution is 7.89. The minimum atomic E-state index is -3.80. The zero-order chi connectivity index (χ0) is 19.2. The van der Waals surface area contributed by atoms with Crippen molar-refractivity contribution in [2.45, 2.75) is 11.8 Å². The molecule has 0 atom stereocenters. The molecule has 0 aliphatic rings. The molecule has 0 heterocycles. The zero-order valence-corrected chi connectivity index (χ0v) is 14.8. The Balaban J connectivity index is 1.87. The second-order valence-corrected chi connectivity index (χ2v) is 6.71. The fourth-order valence-corrected chi connectivity index (χ4v) is 2.51. The molecule has 0 bridgehead atoms. The summed E-state index contributed by atoms with van der Waals surface area (Å²) in [4.78, 5) is 23.6. The van der Waals surface area contributed by atoms with Crippen molar-refractivity contribution in [1.29, 1.82) is 0 Å². The third-order valence-electron chi connectivity index (χ3n) is 3.20. The number of primary sulfonamides is 1. The van der Waals surface area contributed by atoms with E-state index in [-0.39, 0.29) is 4.90 Å². The number of anilines is 1. The van der Waals surface area contributed by atoms with Crippen LogP contribution in [0.15, 0.2) is 53.4 Å². The summed E-state index contributed by atoms with van der Waals surface area (Å²) in [5, 5.41) is 7.47. The summed E-state index contributed by atoms with van der Waals surface area (Å²) in [6.07, 6.45) is 0. The van der Waals surface area contributed by atoms with Gasteiger partial charge in [-0.05, 0) is 55.5 Å². The number of ether oxygens (including phenoxy) is 2. The number of nitrogens with one attached hydrogen (secondary N) is 1. The van der Waals surface area contributed by atoms with Gasteiger partial charge in [0.1, 0.15) is 5.75 Å². The van der Waals surface area contributed by atoms with Gasteiger partial charge in [0.05, 0.1) is 17.1 Å². The van der Waals surface area contributed by atoms with Crippen molar-refractivity contribution in [3.8, 4) is 5.75 Å². The second kappa shape index (κ2) is 8.45. The van der Waals surface area contributed by atoms with Crippen LogP contribution in [0.2, 0.25) is 0 Å². The average Bonchev–Trinajstić information content (AvgIpc) is 2.60. The van der Waals surface area contributed by atoms with E-state index in [1.165, 1.54) is 36.4 Å². The Kier molecular flexibility index (Phi) is 6.31. The molecule has 138 valence electrons. The van der Waals surface area contributed by atoms with Crippen LogP contribution in [-0.2, 0) is 19.6 Å². The number of hydrogen-bond acceptors (Lipinski definition) is 6. The Hall–Kier alpha value is -2.91. The van der Waals surface area contributed by atoms with E-state index < -0.39 is 28.5 Å². The normalized spacial score (nSPS) is 10.8. The molecule has 0 radical (unpaired) electrons. The monoisotopic (exact) mass is 378 g/mol. The molecular weight excluding hydrogens is 360 g/mol. The van der Waals surface area contributed by atoms with Gasteiger partial charge >= 0.3 is 5.97 Å². The Morgan fingerprint density at radius 2 is 1.65 bits per heavy atom. The lowest BCUT2D eigenvalue weighted by atomic mass is 10.2. The number of rotatable bonds is 7. The number of sulfonamides is 1. The van der Waals surface area contributed by atoms with Crippen molar-refractivity contribution in [3.63, 3.8) is 0 Å². The van der Waals surface area contributed by atoms with Crippen molar-refractivity contribution in [2.24, 2.45) is 5.14 Å². The molecule has 9 heteroatoms. The summed E-state index contributed by atoms with van der Waals surface area (Å²) < 4.78 is 32.5. The first kappa shape index (κ1) is 19.4. The molecule has 8 nitrogen and oxygen atoms in total. The molecule has 3 N–H and O–H groups in total. The molecule has 26 heavy (non-hydrogen) atoms. The largest absolute Gasteiger partial charge is 0.494 e. The third-order valence-corrected chi connectivity index (χ3v) is 4.13. The summed E-state index contributed by atoms with van der Waals surface area (Å²) in [5.41, 5.74) is 0.637. The van der Waals surface area contributed by atoms with Crippen molar-refractivity contribution in [2.75, 3.05) is 18.5 Å². The average molecular weight is 378 g/mol. The van der Waals surface area contributed by atoms with Crippen LogP contribution in [-0.4, -0.2) is 33.5 Å². The van der Waals surface area contributed by atoms with Gasteiger partial charge in [0, 0.05) is 5.69 Å². The highest BCUT2D eigenvalue weighted by Crippen LogP contribution is 2.14. The summed E-state index contributed by atoms with van der Waals surface area (Å²) in [6, 6.07) is 11.6. The summed E-state index contributed by atoms with van der Waals surface area (Å²) in [6.45, 7) is 1.88. The molecular formula is C17H18N2O6S. The first-order valence-corrected chi connectivity index (χ1v) is 9.17. The quantitative estimate of drug-likeness (QED) is 0.704. The number of esters is 1. The number of hydrogen-bond donors (Lipinski definition) is 2. The molecule has 2 aromatic rings. The van der Waals surface area contributed by atoms with Gasteiger partial charge in [-0.2, -0.15) is 0 Å². The van der Waals surface area contributed by atoms with E-state index in [1.807, 2.05) is 6.92 Å². The van der Waals surface area contributed by atoms with E-state index in [2.05, 4.69) is 5.32 Å². The van der Waals surface area contributed by atoms with Crippen LogP contribution < -0.4 is 15.2 Å². The lowest BCUT2D eigenvalue weighted by Crippen LogP contribution is -2.21. The van der Waals surface area contributed by atoms with Crippen LogP contribution >= 0.6 is 0 Å². The lowest BCUT2D eigenvalue weighted by molar-refractivity contribution is -0.119. The molecule has 2 aromatic carbocycles. The van der Waals surface area contributed by atoms with Gasteiger partial charge in [-0.25, -0.2) is 18.4 Å². The number of benzene rings is 2. The SMILES string of the molecule is CCOc1ccc(C(=O)OCC(=O)Nc2ccc(S(N)(=O)=O)cc2)cc1. The Bertz CT molecular complexity index is 876. The summed E-state index contributed by atoms with van der Waals surface area (Å²) in [5.74, 6) is -0.579. The molecule has 0 unspecified atom stereocenters. The molecule has 0 spiro atoms. The van der Waals surface area contributed by atoms with Crippen LogP contribution in [0.25, 0.3) is 0 Å². The standard InChI is InChI=1S/C17H18N2O6S/c1-2-24-14-7-3-12(4-8-14)17(21)25-11-16(20)19-13-5-9-15(10-6-13)26(18,22)23/h3-10H,2,11H2,1H3,(H,19,20)(H2,18,22,23). The van der Waals surface area contributed by atoms with Gasteiger partial charge in [0.2, 0.25) is 10.0 Å². The van der Waals surface area contributed by atoms with Crippen LogP contribution in [0.5, 0.6) is 5.75 Å². The van der Waals surface area contributed by atoms with Gasteiger partial charge in [-0.15, -0.1) is 0 Å².